The lowest BCUT2D eigenvalue weighted by Crippen LogP contribution is -2.44. The summed E-state index contributed by atoms with van der Waals surface area (Å²) in [7, 11) is 1.63. The average Bonchev–Trinajstić information content (AvgIpc) is 2.91. The Balaban J connectivity index is 1.54. The number of rotatable bonds is 8. The molecule has 1 unspecified atom stereocenters. The second-order valence-corrected chi connectivity index (χ2v) is 7.16. The van der Waals surface area contributed by atoms with Crippen LogP contribution in [0.3, 0.4) is 0 Å². The van der Waals surface area contributed by atoms with Gasteiger partial charge in [0.2, 0.25) is 0 Å². The second-order valence-electron chi connectivity index (χ2n) is 7.16. The molecule has 1 fully saturated rings. The fraction of sp³-hybridized carbons (Fsp3) is 0.364. The van der Waals surface area contributed by atoms with Crippen molar-refractivity contribution < 1.29 is 14.3 Å². The predicted molar refractivity (Wildman–Crippen MR) is 105 cm³/mol. The SMILES string of the molecule is COc1ccc(CCC2(C)NC(=O)N(CCCc3ccccc3)C2=O)cc1. The van der Waals surface area contributed by atoms with Gasteiger partial charge in [-0.2, -0.15) is 0 Å². The zero-order chi connectivity index (χ0) is 19.3. The van der Waals surface area contributed by atoms with Crippen molar-refractivity contribution >= 4 is 11.9 Å². The fourth-order valence-corrected chi connectivity index (χ4v) is 3.39. The second kappa shape index (κ2) is 8.25. The molecule has 1 aliphatic rings. The number of hydrogen-bond donors (Lipinski definition) is 1. The maximum atomic E-state index is 12.8. The van der Waals surface area contributed by atoms with Gasteiger partial charge >= 0.3 is 6.03 Å². The fourth-order valence-electron chi connectivity index (χ4n) is 3.39. The molecular weight excluding hydrogens is 340 g/mol. The third-order valence-electron chi connectivity index (χ3n) is 5.11. The molecular formula is C22H26N2O3. The molecule has 0 spiro atoms. The minimum Gasteiger partial charge on any atom is -0.497 e. The van der Waals surface area contributed by atoms with Gasteiger partial charge in [0.1, 0.15) is 11.3 Å². The van der Waals surface area contributed by atoms with Gasteiger partial charge < -0.3 is 10.1 Å². The molecule has 1 aliphatic heterocycles. The highest BCUT2D eigenvalue weighted by atomic mass is 16.5. The molecule has 5 nitrogen and oxygen atoms in total. The Morgan fingerprint density at radius 1 is 0.963 bits per heavy atom. The van der Waals surface area contributed by atoms with E-state index in [1.54, 1.807) is 7.11 Å². The van der Waals surface area contributed by atoms with E-state index in [-0.39, 0.29) is 11.9 Å². The van der Waals surface area contributed by atoms with Crippen LogP contribution in [-0.4, -0.2) is 36.0 Å². The van der Waals surface area contributed by atoms with Gasteiger partial charge in [0.25, 0.3) is 5.91 Å². The molecule has 5 heteroatoms. The van der Waals surface area contributed by atoms with Crippen molar-refractivity contribution in [3.63, 3.8) is 0 Å². The summed E-state index contributed by atoms with van der Waals surface area (Å²) in [6.07, 6.45) is 2.89. The van der Waals surface area contributed by atoms with Crippen LogP contribution in [0.15, 0.2) is 54.6 Å². The first-order chi connectivity index (χ1) is 13.0. The molecule has 1 atom stereocenters. The number of benzene rings is 2. The van der Waals surface area contributed by atoms with Crippen molar-refractivity contribution in [2.75, 3.05) is 13.7 Å². The van der Waals surface area contributed by atoms with Crippen LogP contribution in [0.4, 0.5) is 4.79 Å². The Bertz CT molecular complexity index is 789. The number of hydrogen-bond acceptors (Lipinski definition) is 3. The maximum absolute atomic E-state index is 12.8. The zero-order valence-electron chi connectivity index (χ0n) is 15.9. The van der Waals surface area contributed by atoms with E-state index in [0.717, 1.165) is 24.2 Å². The van der Waals surface area contributed by atoms with Crippen molar-refractivity contribution in [2.45, 2.75) is 38.1 Å². The van der Waals surface area contributed by atoms with Gasteiger partial charge in [-0.1, -0.05) is 42.5 Å². The Labute approximate surface area is 160 Å². The Hall–Kier alpha value is -2.82. The lowest BCUT2D eigenvalue weighted by atomic mass is 9.93. The van der Waals surface area contributed by atoms with Crippen LogP contribution in [0.5, 0.6) is 5.75 Å². The Morgan fingerprint density at radius 3 is 2.30 bits per heavy atom. The van der Waals surface area contributed by atoms with E-state index >= 15 is 0 Å². The first-order valence-corrected chi connectivity index (χ1v) is 9.33. The van der Waals surface area contributed by atoms with Crippen LogP contribution in [0.1, 0.15) is 30.9 Å². The lowest BCUT2D eigenvalue weighted by Gasteiger charge is -2.21. The number of nitrogens with one attached hydrogen (secondary N) is 1. The summed E-state index contributed by atoms with van der Waals surface area (Å²) in [5.41, 5.74) is 1.48. The first kappa shape index (κ1) is 19.0. The molecule has 0 radical (unpaired) electrons. The largest absolute Gasteiger partial charge is 0.497 e. The smallest absolute Gasteiger partial charge is 0.325 e. The third-order valence-corrected chi connectivity index (χ3v) is 5.11. The minimum absolute atomic E-state index is 0.130. The summed E-state index contributed by atoms with van der Waals surface area (Å²) in [6, 6.07) is 17.6. The maximum Gasteiger partial charge on any atom is 0.325 e. The number of amides is 3. The molecule has 1 N–H and O–H groups in total. The van der Waals surface area contributed by atoms with Gasteiger partial charge in [0.15, 0.2) is 0 Å². The van der Waals surface area contributed by atoms with Crippen molar-refractivity contribution in [3.8, 4) is 5.75 Å². The number of methoxy groups -OCH3 is 1. The normalized spacial score (nSPS) is 19.3. The summed E-state index contributed by atoms with van der Waals surface area (Å²) < 4.78 is 5.16. The van der Waals surface area contributed by atoms with E-state index in [1.165, 1.54) is 10.5 Å². The average molecular weight is 366 g/mol. The van der Waals surface area contributed by atoms with Gasteiger partial charge in [-0.25, -0.2) is 4.79 Å². The number of carbonyl (C=O) groups is 2. The molecule has 0 bridgehead atoms. The van der Waals surface area contributed by atoms with Crippen LogP contribution in [0.2, 0.25) is 0 Å². The number of aryl methyl sites for hydroxylation is 2. The van der Waals surface area contributed by atoms with Crippen molar-refractivity contribution in [1.29, 1.82) is 0 Å². The molecule has 0 aliphatic carbocycles. The summed E-state index contributed by atoms with van der Waals surface area (Å²) in [5.74, 6) is 0.675. The Kier molecular flexibility index (Phi) is 5.79. The van der Waals surface area contributed by atoms with Crippen LogP contribution < -0.4 is 10.1 Å². The summed E-state index contributed by atoms with van der Waals surface area (Å²) in [4.78, 5) is 26.5. The molecule has 0 aromatic heterocycles. The van der Waals surface area contributed by atoms with E-state index in [9.17, 15) is 9.59 Å². The van der Waals surface area contributed by atoms with Crippen molar-refractivity contribution in [2.24, 2.45) is 0 Å². The highest BCUT2D eigenvalue weighted by molar-refractivity contribution is 6.06. The van der Waals surface area contributed by atoms with Crippen LogP contribution in [0, 0.1) is 0 Å². The van der Waals surface area contributed by atoms with Crippen molar-refractivity contribution in [3.05, 3.63) is 65.7 Å². The zero-order valence-corrected chi connectivity index (χ0v) is 15.9. The van der Waals surface area contributed by atoms with Gasteiger partial charge in [-0.3, -0.25) is 9.69 Å². The molecule has 1 saturated heterocycles. The van der Waals surface area contributed by atoms with Gasteiger partial charge in [-0.05, 0) is 55.9 Å². The standard InChI is InChI=1S/C22H26N2O3/c1-22(15-14-18-10-12-19(27-2)13-11-18)20(25)24(21(26)23-22)16-6-9-17-7-4-3-5-8-17/h3-5,7-8,10-13H,6,9,14-16H2,1-2H3,(H,23,26). The monoisotopic (exact) mass is 366 g/mol. The summed E-state index contributed by atoms with van der Waals surface area (Å²) in [6.45, 7) is 2.26. The summed E-state index contributed by atoms with van der Waals surface area (Å²) in [5, 5.41) is 2.88. The number of ether oxygens (including phenoxy) is 1. The topological polar surface area (TPSA) is 58.6 Å². The van der Waals surface area contributed by atoms with Crippen LogP contribution >= 0.6 is 0 Å². The molecule has 142 valence electrons. The highest BCUT2D eigenvalue weighted by Crippen LogP contribution is 2.24. The molecule has 3 rings (SSSR count). The van der Waals surface area contributed by atoms with Gasteiger partial charge in [0, 0.05) is 6.54 Å². The minimum atomic E-state index is -0.843. The van der Waals surface area contributed by atoms with Crippen LogP contribution in [-0.2, 0) is 17.6 Å². The van der Waals surface area contributed by atoms with E-state index in [1.807, 2.05) is 49.4 Å². The quantitative estimate of drug-likeness (QED) is 0.727. The highest BCUT2D eigenvalue weighted by Gasteiger charge is 2.46. The van der Waals surface area contributed by atoms with E-state index in [0.29, 0.717) is 19.4 Å². The van der Waals surface area contributed by atoms with E-state index in [4.69, 9.17) is 4.74 Å². The molecule has 2 aromatic rings. The molecule has 3 amide bonds. The lowest BCUT2D eigenvalue weighted by molar-refractivity contribution is -0.131. The van der Waals surface area contributed by atoms with Gasteiger partial charge in [0.05, 0.1) is 7.11 Å². The number of imide groups is 1. The number of urea groups is 1. The van der Waals surface area contributed by atoms with Crippen molar-refractivity contribution in [1.82, 2.24) is 10.2 Å². The van der Waals surface area contributed by atoms with E-state index < -0.39 is 5.54 Å². The molecule has 1 heterocycles. The third kappa shape index (κ3) is 4.48. The molecule has 27 heavy (non-hydrogen) atoms. The van der Waals surface area contributed by atoms with E-state index in [2.05, 4.69) is 17.4 Å². The Morgan fingerprint density at radius 2 is 1.63 bits per heavy atom. The first-order valence-electron chi connectivity index (χ1n) is 9.33. The number of nitrogens with zero attached hydrogens (tertiary/aromatic N) is 1. The van der Waals surface area contributed by atoms with Gasteiger partial charge in [-0.15, -0.1) is 0 Å². The van der Waals surface area contributed by atoms with Crippen LogP contribution in [0.25, 0.3) is 0 Å². The molecule has 2 aromatic carbocycles. The number of carbonyl (C=O) groups excluding carboxylic acids is 2. The summed E-state index contributed by atoms with van der Waals surface area (Å²) >= 11 is 0. The predicted octanol–water partition coefficient (Wildman–Crippen LogP) is 3.57. The molecule has 0 saturated carbocycles.